The Morgan fingerprint density at radius 2 is 2.00 bits per heavy atom. The van der Waals surface area contributed by atoms with E-state index < -0.39 is 0 Å². The second-order valence-electron chi connectivity index (χ2n) is 4.67. The number of rotatable bonds is 8. The standard InChI is InChI=1S/C16H22N2O/c1-2-3-5-11-16(19)18(13-8-12-17)14-15-9-6-4-7-10-15/h4,6-7,9-10H,2-3,5,8,11,13-14H2,1H3. The molecular formula is C16H22N2O. The maximum Gasteiger partial charge on any atom is 0.222 e. The molecule has 0 bridgehead atoms. The third-order valence-corrected chi connectivity index (χ3v) is 3.06. The summed E-state index contributed by atoms with van der Waals surface area (Å²) in [5, 5.41) is 8.69. The molecule has 0 atom stereocenters. The Bertz CT molecular complexity index is 409. The van der Waals surface area contributed by atoms with Crippen LogP contribution in [-0.4, -0.2) is 17.4 Å². The Morgan fingerprint density at radius 1 is 1.26 bits per heavy atom. The van der Waals surface area contributed by atoms with Crippen molar-refractivity contribution in [2.45, 2.75) is 45.6 Å². The summed E-state index contributed by atoms with van der Waals surface area (Å²) in [6.07, 6.45) is 4.12. The highest BCUT2D eigenvalue weighted by molar-refractivity contribution is 5.76. The average molecular weight is 258 g/mol. The average Bonchev–Trinajstić information content (AvgIpc) is 2.44. The summed E-state index contributed by atoms with van der Waals surface area (Å²) < 4.78 is 0. The Hall–Kier alpha value is -1.82. The zero-order valence-corrected chi connectivity index (χ0v) is 11.6. The van der Waals surface area contributed by atoms with E-state index in [0.717, 1.165) is 24.8 Å². The topological polar surface area (TPSA) is 44.1 Å². The van der Waals surface area contributed by atoms with Gasteiger partial charge < -0.3 is 4.90 Å². The van der Waals surface area contributed by atoms with E-state index in [1.807, 2.05) is 30.3 Å². The number of nitrogens with zero attached hydrogens (tertiary/aromatic N) is 2. The molecule has 102 valence electrons. The summed E-state index contributed by atoms with van der Waals surface area (Å²) in [4.78, 5) is 13.9. The number of hydrogen-bond donors (Lipinski definition) is 0. The molecule has 1 aromatic rings. The van der Waals surface area contributed by atoms with E-state index in [1.165, 1.54) is 0 Å². The minimum atomic E-state index is 0.160. The highest BCUT2D eigenvalue weighted by Crippen LogP contribution is 2.09. The molecule has 1 rings (SSSR count). The van der Waals surface area contributed by atoms with Crippen LogP contribution in [0.4, 0.5) is 0 Å². The number of nitriles is 1. The molecule has 0 heterocycles. The summed E-state index contributed by atoms with van der Waals surface area (Å²) >= 11 is 0. The van der Waals surface area contributed by atoms with Crippen LogP contribution >= 0.6 is 0 Å². The highest BCUT2D eigenvalue weighted by atomic mass is 16.2. The number of unbranched alkanes of at least 4 members (excludes halogenated alkanes) is 2. The zero-order chi connectivity index (χ0) is 13.9. The number of amides is 1. The molecule has 0 spiro atoms. The first kappa shape index (κ1) is 15.2. The number of benzene rings is 1. The van der Waals surface area contributed by atoms with Crippen LogP contribution in [0.5, 0.6) is 0 Å². The van der Waals surface area contributed by atoms with Gasteiger partial charge in [-0.3, -0.25) is 4.79 Å². The maximum atomic E-state index is 12.1. The lowest BCUT2D eigenvalue weighted by Gasteiger charge is -2.21. The van der Waals surface area contributed by atoms with E-state index in [0.29, 0.717) is 25.9 Å². The molecule has 1 amide bonds. The monoisotopic (exact) mass is 258 g/mol. The van der Waals surface area contributed by atoms with Gasteiger partial charge in [-0.15, -0.1) is 0 Å². The Kier molecular flexibility index (Phi) is 7.34. The third-order valence-electron chi connectivity index (χ3n) is 3.06. The van der Waals surface area contributed by atoms with Gasteiger partial charge in [-0.05, 0) is 12.0 Å². The molecule has 0 saturated carbocycles. The van der Waals surface area contributed by atoms with Crippen LogP contribution in [0.2, 0.25) is 0 Å². The second-order valence-corrected chi connectivity index (χ2v) is 4.67. The molecule has 0 aromatic heterocycles. The van der Waals surface area contributed by atoms with E-state index in [2.05, 4.69) is 13.0 Å². The van der Waals surface area contributed by atoms with E-state index in [1.54, 1.807) is 4.90 Å². The van der Waals surface area contributed by atoms with Crippen LogP contribution in [0, 0.1) is 11.3 Å². The van der Waals surface area contributed by atoms with Crippen molar-refractivity contribution in [3.63, 3.8) is 0 Å². The van der Waals surface area contributed by atoms with Gasteiger partial charge in [0, 0.05) is 19.5 Å². The molecule has 3 heteroatoms. The summed E-state index contributed by atoms with van der Waals surface area (Å²) in [5.41, 5.74) is 1.12. The molecule has 1 aromatic carbocycles. The van der Waals surface area contributed by atoms with Gasteiger partial charge in [-0.25, -0.2) is 0 Å². The molecule has 0 saturated heterocycles. The molecule has 0 aliphatic heterocycles. The zero-order valence-electron chi connectivity index (χ0n) is 11.6. The van der Waals surface area contributed by atoms with Crippen molar-refractivity contribution >= 4 is 5.91 Å². The minimum absolute atomic E-state index is 0.160. The molecule has 3 nitrogen and oxygen atoms in total. The maximum absolute atomic E-state index is 12.1. The van der Waals surface area contributed by atoms with Crippen molar-refractivity contribution in [1.82, 2.24) is 4.90 Å². The van der Waals surface area contributed by atoms with Crippen LogP contribution in [0.15, 0.2) is 30.3 Å². The predicted molar refractivity (Wildman–Crippen MR) is 76.2 cm³/mol. The number of carbonyl (C=O) groups is 1. The molecule has 0 fully saturated rings. The van der Waals surface area contributed by atoms with Crippen molar-refractivity contribution in [2.75, 3.05) is 6.54 Å². The second kappa shape index (κ2) is 9.16. The summed E-state index contributed by atoms with van der Waals surface area (Å²) in [7, 11) is 0. The lowest BCUT2D eigenvalue weighted by Crippen LogP contribution is -2.31. The molecule has 0 unspecified atom stereocenters. The lowest BCUT2D eigenvalue weighted by atomic mass is 10.1. The fourth-order valence-electron chi connectivity index (χ4n) is 1.97. The summed E-state index contributed by atoms with van der Waals surface area (Å²) in [5.74, 6) is 0.160. The van der Waals surface area contributed by atoms with Crippen molar-refractivity contribution in [3.8, 4) is 6.07 Å². The van der Waals surface area contributed by atoms with E-state index in [4.69, 9.17) is 5.26 Å². The van der Waals surface area contributed by atoms with Gasteiger partial charge in [-0.2, -0.15) is 5.26 Å². The first-order valence-corrected chi connectivity index (χ1v) is 6.96. The predicted octanol–water partition coefficient (Wildman–Crippen LogP) is 3.51. The highest BCUT2D eigenvalue weighted by Gasteiger charge is 2.13. The van der Waals surface area contributed by atoms with Crippen LogP contribution in [-0.2, 0) is 11.3 Å². The van der Waals surface area contributed by atoms with Crippen LogP contribution < -0.4 is 0 Å². The molecular weight excluding hydrogens is 236 g/mol. The minimum Gasteiger partial charge on any atom is -0.337 e. The largest absolute Gasteiger partial charge is 0.337 e. The summed E-state index contributed by atoms with van der Waals surface area (Å²) in [6, 6.07) is 12.0. The van der Waals surface area contributed by atoms with E-state index in [-0.39, 0.29) is 5.91 Å². The fourth-order valence-corrected chi connectivity index (χ4v) is 1.97. The Balaban J connectivity index is 2.56. The van der Waals surface area contributed by atoms with Gasteiger partial charge >= 0.3 is 0 Å². The van der Waals surface area contributed by atoms with E-state index in [9.17, 15) is 4.79 Å². The lowest BCUT2D eigenvalue weighted by molar-refractivity contribution is -0.131. The van der Waals surface area contributed by atoms with Gasteiger partial charge in [0.15, 0.2) is 0 Å². The first-order chi connectivity index (χ1) is 9.27. The van der Waals surface area contributed by atoms with Crippen LogP contribution in [0.1, 0.15) is 44.6 Å². The van der Waals surface area contributed by atoms with Crippen molar-refractivity contribution in [3.05, 3.63) is 35.9 Å². The van der Waals surface area contributed by atoms with Crippen molar-refractivity contribution in [1.29, 1.82) is 5.26 Å². The SMILES string of the molecule is CCCCCC(=O)N(CCC#N)Cc1ccccc1. The van der Waals surface area contributed by atoms with Crippen LogP contribution in [0.25, 0.3) is 0 Å². The van der Waals surface area contributed by atoms with E-state index >= 15 is 0 Å². The van der Waals surface area contributed by atoms with Crippen LogP contribution in [0.3, 0.4) is 0 Å². The van der Waals surface area contributed by atoms with Gasteiger partial charge in [-0.1, -0.05) is 50.1 Å². The first-order valence-electron chi connectivity index (χ1n) is 6.96. The Morgan fingerprint density at radius 3 is 2.63 bits per heavy atom. The molecule has 0 aliphatic rings. The molecule has 0 N–H and O–H groups in total. The van der Waals surface area contributed by atoms with Crippen molar-refractivity contribution < 1.29 is 4.79 Å². The third kappa shape index (κ3) is 6.05. The fraction of sp³-hybridized carbons (Fsp3) is 0.500. The Labute approximate surface area is 115 Å². The van der Waals surface area contributed by atoms with Gasteiger partial charge in [0.1, 0.15) is 0 Å². The molecule has 19 heavy (non-hydrogen) atoms. The molecule has 0 radical (unpaired) electrons. The summed E-state index contributed by atoms with van der Waals surface area (Å²) in [6.45, 7) is 3.26. The number of hydrogen-bond acceptors (Lipinski definition) is 2. The normalized spacial score (nSPS) is 9.89. The van der Waals surface area contributed by atoms with Gasteiger partial charge in [0.05, 0.1) is 12.5 Å². The molecule has 0 aliphatic carbocycles. The van der Waals surface area contributed by atoms with Gasteiger partial charge in [0.25, 0.3) is 0 Å². The quantitative estimate of drug-likeness (QED) is 0.670. The van der Waals surface area contributed by atoms with Crippen molar-refractivity contribution in [2.24, 2.45) is 0 Å². The smallest absolute Gasteiger partial charge is 0.222 e. The number of carbonyl (C=O) groups excluding carboxylic acids is 1. The van der Waals surface area contributed by atoms with Gasteiger partial charge in [0.2, 0.25) is 5.91 Å².